The topological polar surface area (TPSA) is 93.4 Å². The summed E-state index contributed by atoms with van der Waals surface area (Å²) in [6, 6.07) is 6.70. The van der Waals surface area contributed by atoms with Crippen molar-refractivity contribution in [1.82, 2.24) is 15.2 Å². The fourth-order valence-corrected chi connectivity index (χ4v) is 3.64. The van der Waals surface area contributed by atoms with Gasteiger partial charge in [-0.2, -0.15) is 13.2 Å². The number of nitrogens with zero attached hydrogens (tertiary/aromatic N) is 4. The predicted octanol–water partition coefficient (Wildman–Crippen LogP) is 3.72. The lowest BCUT2D eigenvalue weighted by atomic mass is 10.1. The number of aromatic nitrogens is 3. The maximum atomic E-state index is 13.2. The number of alkyl halides is 3. The van der Waals surface area contributed by atoms with Crippen LogP contribution in [0.15, 0.2) is 52.4 Å². The summed E-state index contributed by atoms with van der Waals surface area (Å²) in [5, 5.41) is 10.7. The summed E-state index contributed by atoms with van der Waals surface area (Å²) >= 11 is 1.03. The highest BCUT2D eigenvalue weighted by molar-refractivity contribution is 7.99. The number of ether oxygens (including phenoxy) is 1. The first-order valence-corrected chi connectivity index (χ1v) is 10.6. The van der Waals surface area contributed by atoms with Crippen LogP contribution in [0.25, 0.3) is 11.5 Å². The van der Waals surface area contributed by atoms with Gasteiger partial charge in [0.2, 0.25) is 11.8 Å². The predicted molar refractivity (Wildman–Crippen MR) is 111 cm³/mol. The molecule has 1 saturated heterocycles. The van der Waals surface area contributed by atoms with Crippen LogP contribution in [0.4, 0.5) is 24.5 Å². The second-order valence-corrected chi connectivity index (χ2v) is 7.70. The lowest BCUT2D eigenvalue weighted by Gasteiger charge is -2.31. The van der Waals surface area contributed by atoms with Crippen molar-refractivity contribution >= 4 is 29.0 Å². The standard InChI is InChI=1S/C20H18F3N5O3S/c21-20(22,23)14-1-2-15(16(11-14)28-7-9-30-10-8-28)25-17(29)12-32-19-27-26-18(31-19)13-3-5-24-6-4-13/h1-6,11H,7-10,12H2,(H,25,29). The van der Waals surface area contributed by atoms with E-state index < -0.39 is 17.6 Å². The van der Waals surface area contributed by atoms with Crippen molar-refractivity contribution in [2.75, 3.05) is 42.3 Å². The number of nitrogens with one attached hydrogen (secondary N) is 1. The highest BCUT2D eigenvalue weighted by Gasteiger charge is 2.32. The molecule has 3 heterocycles. The minimum atomic E-state index is -4.48. The Morgan fingerprint density at radius 3 is 2.59 bits per heavy atom. The van der Waals surface area contributed by atoms with E-state index in [-0.39, 0.29) is 11.0 Å². The average molecular weight is 465 g/mol. The summed E-state index contributed by atoms with van der Waals surface area (Å²) in [6.45, 7) is 1.66. The van der Waals surface area contributed by atoms with Crippen molar-refractivity contribution in [2.24, 2.45) is 0 Å². The van der Waals surface area contributed by atoms with Crippen molar-refractivity contribution < 1.29 is 27.1 Å². The molecule has 1 amide bonds. The summed E-state index contributed by atoms with van der Waals surface area (Å²) < 4.78 is 50.4. The molecule has 0 unspecified atom stereocenters. The SMILES string of the molecule is O=C(CSc1nnc(-c2ccncc2)o1)Nc1ccc(C(F)(F)F)cc1N1CCOCC1. The van der Waals surface area contributed by atoms with Crippen LogP contribution >= 0.6 is 11.8 Å². The van der Waals surface area contributed by atoms with Gasteiger partial charge < -0.3 is 19.4 Å². The van der Waals surface area contributed by atoms with E-state index >= 15 is 0 Å². The number of morpholine rings is 1. The first kappa shape index (κ1) is 22.1. The molecule has 0 saturated carbocycles. The third kappa shape index (κ3) is 5.37. The molecule has 1 N–H and O–H groups in total. The molecule has 32 heavy (non-hydrogen) atoms. The number of anilines is 2. The van der Waals surface area contributed by atoms with E-state index in [2.05, 4.69) is 20.5 Å². The number of halogens is 3. The molecule has 2 aromatic heterocycles. The fraction of sp³-hybridized carbons (Fsp3) is 0.300. The van der Waals surface area contributed by atoms with Gasteiger partial charge in [-0.3, -0.25) is 9.78 Å². The molecule has 1 aliphatic heterocycles. The Kier molecular flexibility index (Phi) is 6.61. The largest absolute Gasteiger partial charge is 0.416 e. The number of amides is 1. The summed E-state index contributed by atoms with van der Waals surface area (Å²) in [5.41, 5.74) is 0.525. The van der Waals surface area contributed by atoms with Gasteiger partial charge in [-0.05, 0) is 30.3 Å². The molecule has 0 spiro atoms. The van der Waals surface area contributed by atoms with Gasteiger partial charge in [0.05, 0.1) is 35.9 Å². The molecule has 168 valence electrons. The molecule has 0 bridgehead atoms. The van der Waals surface area contributed by atoms with Gasteiger partial charge in [0.1, 0.15) is 0 Å². The number of carbonyl (C=O) groups excluding carboxylic acids is 1. The van der Waals surface area contributed by atoms with E-state index in [1.807, 2.05) is 0 Å². The van der Waals surface area contributed by atoms with Crippen molar-refractivity contribution in [3.63, 3.8) is 0 Å². The first-order chi connectivity index (χ1) is 15.4. The van der Waals surface area contributed by atoms with E-state index in [1.54, 1.807) is 29.4 Å². The quantitative estimate of drug-likeness (QED) is 0.551. The lowest BCUT2D eigenvalue weighted by Crippen LogP contribution is -2.37. The number of rotatable bonds is 6. The second-order valence-electron chi connectivity index (χ2n) is 6.77. The maximum absolute atomic E-state index is 13.2. The second kappa shape index (κ2) is 9.57. The van der Waals surface area contributed by atoms with E-state index in [1.165, 1.54) is 6.07 Å². The zero-order valence-electron chi connectivity index (χ0n) is 16.6. The molecule has 1 aromatic carbocycles. The Labute approximate surface area is 185 Å². The Hall–Kier alpha value is -3.12. The molecule has 12 heteroatoms. The van der Waals surface area contributed by atoms with Crippen LogP contribution in [0, 0.1) is 0 Å². The van der Waals surface area contributed by atoms with Crippen molar-refractivity contribution in [3.8, 4) is 11.5 Å². The van der Waals surface area contributed by atoms with Gasteiger partial charge in [0.15, 0.2) is 0 Å². The minimum absolute atomic E-state index is 0.0540. The zero-order valence-corrected chi connectivity index (χ0v) is 17.4. The highest BCUT2D eigenvalue weighted by atomic mass is 32.2. The van der Waals surface area contributed by atoms with Crippen LogP contribution in [0.5, 0.6) is 0 Å². The molecule has 0 atom stereocenters. The Morgan fingerprint density at radius 1 is 1.12 bits per heavy atom. The van der Waals surface area contributed by atoms with Gasteiger partial charge >= 0.3 is 6.18 Å². The number of benzene rings is 1. The number of carbonyl (C=O) groups is 1. The molecule has 1 fully saturated rings. The van der Waals surface area contributed by atoms with Crippen LogP contribution in [0.2, 0.25) is 0 Å². The summed E-state index contributed by atoms with van der Waals surface area (Å²) in [4.78, 5) is 18.2. The van der Waals surface area contributed by atoms with Crippen molar-refractivity contribution in [2.45, 2.75) is 11.4 Å². The van der Waals surface area contributed by atoms with Gasteiger partial charge in [-0.15, -0.1) is 10.2 Å². The Balaban J connectivity index is 1.44. The molecule has 4 rings (SSSR count). The summed E-state index contributed by atoms with van der Waals surface area (Å²) in [5.74, 6) is -0.165. The smallest absolute Gasteiger partial charge is 0.411 e. The van der Waals surface area contributed by atoms with Crippen LogP contribution in [-0.2, 0) is 15.7 Å². The number of thioether (sulfide) groups is 1. The molecular weight excluding hydrogens is 447 g/mol. The zero-order chi connectivity index (χ0) is 22.6. The maximum Gasteiger partial charge on any atom is 0.416 e. The fourth-order valence-electron chi connectivity index (χ4n) is 3.07. The molecule has 1 aliphatic rings. The van der Waals surface area contributed by atoms with Gasteiger partial charge in [0.25, 0.3) is 5.22 Å². The van der Waals surface area contributed by atoms with E-state index in [4.69, 9.17) is 9.15 Å². The average Bonchev–Trinajstić information content (AvgIpc) is 3.28. The summed E-state index contributed by atoms with van der Waals surface area (Å²) in [6.07, 6.45) is -1.30. The normalized spacial score (nSPS) is 14.4. The number of hydrogen-bond donors (Lipinski definition) is 1. The van der Waals surface area contributed by atoms with Crippen LogP contribution in [0.3, 0.4) is 0 Å². The number of pyridine rings is 1. The molecule has 0 aliphatic carbocycles. The van der Waals surface area contributed by atoms with E-state index in [9.17, 15) is 18.0 Å². The van der Waals surface area contributed by atoms with Crippen molar-refractivity contribution in [3.05, 3.63) is 48.3 Å². The Morgan fingerprint density at radius 2 is 1.88 bits per heavy atom. The van der Waals surface area contributed by atoms with Gasteiger partial charge in [-0.25, -0.2) is 0 Å². The highest BCUT2D eigenvalue weighted by Crippen LogP contribution is 2.36. The molecule has 0 radical (unpaired) electrons. The Bertz CT molecular complexity index is 1070. The minimum Gasteiger partial charge on any atom is -0.411 e. The monoisotopic (exact) mass is 465 g/mol. The van der Waals surface area contributed by atoms with Gasteiger partial charge in [0, 0.05) is 31.0 Å². The summed E-state index contributed by atoms with van der Waals surface area (Å²) in [7, 11) is 0. The van der Waals surface area contributed by atoms with Crippen molar-refractivity contribution in [1.29, 1.82) is 0 Å². The van der Waals surface area contributed by atoms with Crippen LogP contribution in [-0.4, -0.2) is 53.1 Å². The van der Waals surface area contributed by atoms with E-state index in [0.717, 1.165) is 23.9 Å². The van der Waals surface area contributed by atoms with Gasteiger partial charge in [-0.1, -0.05) is 11.8 Å². The third-order valence-corrected chi connectivity index (χ3v) is 5.43. The molecule has 8 nitrogen and oxygen atoms in total. The van der Waals surface area contributed by atoms with Crippen LogP contribution < -0.4 is 10.2 Å². The van der Waals surface area contributed by atoms with E-state index in [0.29, 0.717) is 49.1 Å². The number of hydrogen-bond acceptors (Lipinski definition) is 8. The third-order valence-electron chi connectivity index (χ3n) is 4.61. The lowest BCUT2D eigenvalue weighted by molar-refractivity contribution is -0.137. The van der Waals surface area contributed by atoms with Crippen LogP contribution in [0.1, 0.15) is 5.56 Å². The molecular formula is C20H18F3N5O3S. The molecule has 3 aromatic rings. The first-order valence-electron chi connectivity index (χ1n) is 9.60.